The third-order valence-electron chi connectivity index (χ3n) is 7.00. The SMILES string of the molecule is Cc1cc(-c2[nH]c3ccc(OCC(=O)N4CC5(CCNCC5)C4)cc3c2C(C)C)ccn1. The van der Waals surface area contributed by atoms with Crippen molar-refractivity contribution in [2.45, 2.75) is 39.5 Å². The maximum atomic E-state index is 12.7. The lowest BCUT2D eigenvalue weighted by atomic mass is 9.72. The fraction of sp³-hybridized carbons (Fsp3) is 0.462. The zero-order chi connectivity index (χ0) is 22.3. The molecule has 2 fully saturated rings. The first-order valence-corrected chi connectivity index (χ1v) is 11.6. The summed E-state index contributed by atoms with van der Waals surface area (Å²) in [7, 11) is 0. The van der Waals surface area contributed by atoms with E-state index in [1.807, 2.05) is 36.2 Å². The molecule has 0 bridgehead atoms. The highest BCUT2D eigenvalue weighted by atomic mass is 16.5. The fourth-order valence-corrected chi connectivity index (χ4v) is 5.26. The number of pyridine rings is 1. The summed E-state index contributed by atoms with van der Waals surface area (Å²) in [5, 5.41) is 4.55. The second kappa shape index (κ2) is 8.24. The van der Waals surface area contributed by atoms with Crippen LogP contribution in [0.3, 0.4) is 0 Å². The van der Waals surface area contributed by atoms with E-state index in [-0.39, 0.29) is 12.5 Å². The first-order chi connectivity index (χ1) is 15.4. The molecule has 1 aromatic carbocycles. The average Bonchev–Trinajstić information content (AvgIpc) is 3.15. The number of likely N-dealkylation sites (tertiary alicyclic amines) is 1. The van der Waals surface area contributed by atoms with Crippen LogP contribution in [0.4, 0.5) is 0 Å². The summed E-state index contributed by atoms with van der Waals surface area (Å²) >= 11 is 0. The maximum Gasteiger partial charge on any atom is 0.260 e. The van der Waals surface area contributed by atoms with E-state index in [1.165, 1.54) is 18.4 Å². The van der Waals surface area contributed by atoms with Gasteiger partial charge in [0.05, 0.1) is 5.69 Å². The molecule has 1 amide bonds. The molecule has 0 radical (unpaired) electrons. The van der Waals surface area contributed by atoms with Gasteiger partial charge in [-0.2, -0.15) is 0 Å². The Hall–Kier alpha value is -2.86. The summed E-state index contributed by atoms with van der Waals surface area (Å²) in [6.07, 6.45) is 4.18. The van der Waals surface area contributed by atoms with Crippen LogP contribution in [0.5, 0.6) is 5.75 Å². The minimum Gasteiger partial charge on any atom is -0.484 e. The van der Waals surface area contributed by atoms with Crippen LogP contribution in [0.25, 0.3) is 22.2 Å². The number of hydrogen-bond acceptors (Lipinski definition) is 4. The first kappa shape index (κ1) is 21.0. The molecule has 32 heavy (non-hydrogen) atoms. The van der Waals surface area contributed by atoms with E-state index in [9.17, 15) is 4.79 Å². The molecule has 3 aromatic rings. The van der Waals surface area contributed by atoms with E-state index in [0.29, 0.717) is 11.3 Å². The van der Waals surface area contributed by atoms with Gasteiger partial charge in [0.1, 0.15) is 5.75 Å². The van der Waals surface area contributed by atoms with Crippen molar-refractivity contribution >= 4 is 16.8 Å². The van der Waals surface area contributed by atoms with Crippen molar-refractivity contribution in [3.63, 3.8) is 0 Å². The molecule has 2 N–H and O–H groups in total. The number of rotatable bonds is 5. The second-order valence-electron chi connectivity index (χ2n) is 9.75. The predicted molar refractivity (Wildman–Crippen MR) is 127 cm³/mol. The highest BCUT2D eigenvalue weighted by molar-refractivity contribution is 5.92. The summed E-state index contributed by atoms with van der Waals surface area (Å²) in [4.78, 5) is 22.5. The van der Waals surface area contributed by atoms with Crippen LogP contribution in [-0.2, 0) is 4.79 Å². The van der Waals surface area contributed by atoms with Crippen molar-refractivity contribution in [1.29, 1.82) is 0 Å². The molecule has 2 aliphatic rings. The quantitative estimate of drug-likeness (QED) is 0.632. The lowest BCUT2D eigenvalue weighted by Gasteiger charge is -2.52. The Balaban J connectivity index is 1.32. The van der Waals surface area contributed by atoms with Crippen molar-refractivity contribution < 1.29 is 9.53 Å². The van der Waals surface area contributed by atoms with Gasteiger partial charge >= 0.3 is 0 Å². The van der Waals surface area contributed by atoms with Gasteiger partial charge in [0.25, 0.3) is 5.91 Å². The molecular weight excluding hydrogens is 400 g/mol. The van der Waals surface area contributed by atoms with Crippen LogP contribution in [0, 0.1) is 12.3 Å². The van der Waals surface area contributed by atoms with Gasteiger partial charge in [-0.15, -0.1) is 0 Å². The Morgan fingerprint density at radius 3 is 2.69 bits per heavy atom. The zero-order valence-corrected chi connectivity index (χ0v) is 19.2. The summed E-state index contributed by atoms with van der Waals surface area (Å²) < 4.78 is 5.95. The largest absolute Gasteiger partial charge is 0.484 e. The summed E-state index contributed by atoms with van der Waals surface area (Å²) in [5.74, 6) is 1.16. The van der Waals surface area contributed by atoms with Crippen LogP contribution in [-0.4, -0.2) is 53.6 Å². The molecule has 4 heterocycles. The maximum absolute atomic E-state index is 12.7. The van der Waals surface area contributed by atoms with E-state index >= 15 is 0 Å². The molecule has 0 atom stereocenters. The van der Waals surface area contributed by atoms with Gasteiger partial charge in [0.2, 0.25) is 0 Å². The molecular formula is C26H32N4O2. The Morgan fingerprint density at radius 1 is 1.19 bits per heavy atom. The van der Waals surface area contributed by atoms with E-state index in [1.54, 1.807) is 0 Å². The Bertz CT molecular complexity index is 1140. The monoisotopic (exact) mass is 432 g/mol. The number of aromatic amines is 1. The Kier molecular flexibility index (Phi) is 5.41. The number of fused-ring (bicyclic) bond motifs is 1. The summed E-state index contributed by atoms with van der Waals surface area (Å²) in [5.41, 5.74) is 5.95. The van der Waals surface area contributed by atoms with Gasteiger partial charge in [-0.25, -0.2) is 0 Å². The number of aryl methyl sites for hydroxylation is 1. The van der Waals surface area contributed by atoms with E-state index in [2.05, 4.69) is 41.3 Å². The number of amides is 1. The normalized spacial score (nSPS) is 17.7. The summed E-state index contributed by atoms with van der Waals surface area (Å²) in [6, 6.07) is 10.2. The number of carbonyl (C=O) groups excluding carboxylic acids is 1. The second-order valence-corrected chi connectivity index (χ2v) is 9.75. The molecule has 168 valence electrons. The van der Waals surface area contributed by atoms with Gasteiger partial charge < -0.3 is 19.9 Å². The molecule has 0 unspecified atom stereocenters. The standard InChI is InChI=1S/C26H32N4O2/c1-17(2)24-21-13-20(4-5-22(21)29-25(24)19-6-9-28-18(3)12-19)32-14-23(31)30-15-26(16-30)7-10-27-11-8-26/h4-6,9,12-13,17,27,29H,7-8,10-11,14-16H2,1-3H3. The van der Waals surface area contributed by atoms with Gasteiger partial charge in [-0.3, -0.25) is 9.78 Å². The number of carbonyl (C=O) groups is 1. The third kappa shape index (κ3) is 3.88. The molecule has 2 aromatic heterocycles. The van der Waals surface area contributed by atoms with Crippen molar-refractivity contribution in [3.8, 4) is 17.0 Å². The highest BCUT2D eigenvalue weighted by Gasteiger charge is 2.45. The lowest BCUT2D eigenvalue weighted by Crippen LogP contribution is -2.62. The number of piperidine rings is 1. The van der Waals surface area contributed by atoms with E-state index in [4.69, 9.17) is 4.74 Å². The van der Waals surface area contributed by atoms with Crippen molar-refractivity contribution in [3.05, 3.63) is 47.8 Å². The molecule has 0 aliphatic carbocycles. The minimum atomic E-state index is 0.0837. The van der Waals surface area contributed by atoms with Crippen LogP contribution in [0.2, 0.25) is 0 Å². The van der Waals surface area contributed by atoms with E-state index in [0.717, 1.165) is 59.8 Å². The highest BCUT2D eigenvalue weighted by Crippen LogP contribution is 2.39. The molecule has 0 saturated carbocycles. The topological polar surface area (TPSA) is 70.2 Å². The van der Waals surface area contributed by atoms with E-state index < -0.39 is 0 Å². The van der Waals surface area contributed by atoms with Gasteiger partial charge in [0.15, 0.2) is 6.61 Å². The third-order valence-corrected chi connectivity index (χ3v) is 7.00. The average molecular weight is 433 g/mol. The fourth-order valence-electron chi connectivity index (χ4n) is 5.26. The number of benzene rings is 1. The van der Waals surface area contributed by atoms with Crippen molar-refractivity contribution in [2.24, 2.45) is 5.41 Å². The number of hydrogen-bond donors (Lipinski definition) is 2. The molecule has 2 aliphatic heterocycles. The lowest BCUT2D eigenvalue weighted by molar-refractivity contribution is -0.147. The van der Waals surface area contributed by atoms with Crippen LogP contribution < -0.4 is 10.1 Å². The van der Waals surface area contributed by atoms with Gasteiger partial charge in [0, 0.05) is 46.9 Å². The Labute approximate surface area is 189 Å². The number of ether oxygens (including phenoxy) is 1. The smallest absolute Gasteiger partial charge is 0.260 e. The zero-order valence-electron chi connectivity index (χ0n) is 19.2. The van der Waals surface area contributed by atoms with Crippen molar-refractivity contribution in [2.75, 3.05) is 32.8 Å². The van der Waals surface area contributed by atoms with Crippen molar-refractivity contribution in [1.82, 2.24) is 20.2 Å². The minimum absolute atomic E-state index is 0.0837. The predicted octanol–water partition coefficient (Wildman–Crippen LogP) is 4.25. The first-order valence-electron chi connectivity index (χ1n) is 11.6. The summed E-state index contributed by atoms with van der Waals surface area (Å²) in [6.45, 7) is 10.4. The van der Waals surface area contributed by atoms with Crippen LogP contribution in [0.1, 0.15) is 43.9 Å². The van der Waals surface area contributed by atoms with Crippen LogP contribution >= 0.6 is 0 Å². The number of aromatic nitrogens is 2. The molecule has 5 rings (SSSR count). The van der Waals surface area contributed by atoms with Crippen LogP contribution in [0.15, 0.2) is 36.5 Å². The Morgan fingerprint density at radius 2 is 1.97 bits per heavy atom. The number of H-pyrrole nitrogens is 1. The van der Waals surface area contributed by atoms with Gasteiger partial charge in [-0.05, 0) is 74.7 Å². The molecule has 6 heteroatoms. The number of nitrogens with one attached hydrogen (secondary N) is 2. The number of nitrogens with zero attached hydrogens (tertiary/aromatic N) is 2. The van der Waals surface area contributed by atoms with Gasteiger partial charge in [-0.1, -0.05) is 13.8 Å². The molecule has 6 nitrogen and oxygen atoms in total. The molecule has 1 spiro atoms. The molecule has 2 saturated heterocycles.